The summed E-state index contributed by atoms with van der Waals surface area (Å²) in [5.74, 6) is 0.129. The number of hydrogen-bond donors (Lipinski definition) is 0. The molecule has 1 atom stereocenters. The van der Waals surface area contributed by atoms with Crippen molar-refractivity contribution in [2.24, 2.45) is 5.92 Å². The number of imide groups is 1. The van der Waals surface area contributed by atoms with Crippen molar-refractivity contribution in [3.05, 3.63) is 57.4 Å². The van der Waals surface area contributed by atoms with Crippen LogP contribution < -0.4 is 4.90 Å². The molecule has 5 heteroatoms. The number of benzene rings is 1. The first-order valence-electron chi connectivity index (χ1n) is 9.47. The zero-order chi connectivity index (χ0) is 19.1. The molecule has 2 aliphatic heterocycles. The Labute approximate surface area is 164 Å². The van der Waals surface area contributed by atoms with Gasteiger partial charge < -0.3 is 4.90 Å². The minimum Gasteiger partial charge on any atom is -0.366 e. The topological polar surface area (TPSA) is 40.6 Å². The van der Waals surface area contributed by atoms with E-state index < -0.39 is 0 Å². The minimum atomic E-state index is -0.204. The summed E-state index contributed by atoms with van der Waals surface area (Å²) >= 11 is 1.51. The predicted molar refractivity (Wildman–Crippen MR) is 110 cm³/mol. The van der Waals surface area contributed by atoms with Crippen LogP contribution in [0.3, 0.4) is 0 Å². The lowest BCUT2D eigenvalue weighted by atomic mass is 9.99. The molecule has 140 valence electrons. The third-order valence-corrected chi connectivity index (χ3v) is 6.50. The number of carbonyl (C=O) groups excluding carboxylic acids is 2. The first-order valence-corrected chi connectivity index (χ1v) is 10.3. The van der Waals surface area contributed by atoms with E-state index in [1.54, 1.807) is 0 Å². The summed E-state index contributed by atoms with van der Waals surface area (Å²) in [6, 6.07) is 9.65. The van der Waals surface area contributed by atoms with Crippen LogP contribution in [0.25, 0.3) is 5.57 Å². The number of anilines is 1. The Kier molecular flexibility index (Phi) is 4.64. The summed E-state index contributed by atoms with van der Waals surface area (Å²) < 4.78 is 0. The summed E-state index contributed by atoms with van der Waals surface area (Å²) in [7, 11) is 0. The van der Waals surface area contributed by atoms with Gasteiger partial charge in [-0.1, -0.05) is 25.1 Å². The Morgan fingerprint density at radius 2 is 1.89 bits per heavy atom. The number of carbonyl (C=O) groups is 2. The number of thiophene rings is 1. The van der Waals surface area contributed by atoms with Gasteiger partial charge in [0.25, 0.3) is 11.8 Å². The van der Waals surface area contributed by atoms with Gasteiger partial charge in [0.15, 0.2) is 0 Å². The number of piperidine rings is 1. The van der Waals surface area contributed by atoms with E-state index in [-0.39, 0.29) is 11.8 Å². The maximum absolute atomic E-state index is 13.5. The molecule has 1 aromatic carbocycles. The van der Waals surface area contributed by atoms with Gasteiger partial charge >= 0.3 is 0 Å². The molecule has 1 saturated heterocycles. The second kappa shape index (κ2) is 6.97. The minimum absolute atomic E-state index is 0.189. The van der Waals surface area contributed by atoms with Gasteiger partial charge in [-0.2, -0.15) is 0 Å². The Bertz CT molecular complexity index is 930. The molecule has 0 aliphatic carbocycles. The molecular formula is C22H24N2O2S. The molecule has 2 aromatic rings. The van der Waals surface area contributed by atoms with Gasteiger partial charge in [-0.25, -0.2) is 4.90 Å². The molecule has 2 amide bonds. The van der Waals surface area contributed by atoms with E-state index in [1.807, 2.05) is 49.6 Å². The van der Waals surface area contributed by atoms with E-state index in [2.05, 4.69) is 11.8 Å². The van der Waals surface area contributed by atoms with Crippen LogP contribution in [0.2, 0.25) is 0 Å². The monoisotopic (exact) mass is 380 g/mol. The third-order valence-electron chi connectivity index (χ3n) is 5.62. The van der Waals surface area contributed by atoms with Crippen LogP contribution in [0.5, 0.6) is 0 Å². The third kappa shape index (κ3) is 3.00. The first-order chi connectivity index (χ1) is 13.0. The SMILES string of the molecule is Cc1cccc(N2C(=O)C(c3cccs3)=C(N3CCCC(C)C3)C2=O)c1C. The number of aryl methyl sites for hydroxylation is 1. The maximum atomic E-state index is 13.5. The van der Waals surface area contributed by atoms with Crippen molar-refractivity contribution in [1.29, 1.82) is 0 Å². The Hall–Kier alpha value is -2.40. The molecule has 4 rings (SSSR count). The van der Waals surface area contributed by atoms with E-state index in [0.717, 1.165) is 35.5 Å². The Morgan fingerprint density at radius 1 is 1.07 bits per heavy atom. The number of amides is 2. The van der Waals surface area contributed by atoms with Crippen molar-refractivity contribution < 1.29 is 9.59 Å². The van der Waals surface area contributed by atoms with Crippen molar-refractivity contribution in [3.63, 3.8) is 0 Å². The zero-order valence-electron chi connectivity index (χ0n) is 16.0. The zero-order valence-corrected chi connectivity index (χ0v) is 16.8. The van der Waals surface area contributed by atoms with Crippen LogP contribution in [0, 0.1) is 19.8 Å². The van der Waals surface area contributed by atoms with Crippen LogP contribution in [-0.4, -0.2) is 29.8 Å². The molecule has 1 unspecified atom stereocenters. The number of rotatable bonds is 3. The van der Waals surface area contributed by atoms with E-state index in [9.17, 15) is 9.59 Å². The quantitative estimate of drug-likeness (QED) is 0.742. The Balaban J connectivity index is 1.83. The van der Waals surface area contributed by atoms with Crippen molar-refractivity contribution in [1.82, 2.24) is 4.90 Å². The summed E-state index contributed by atoms with van der Waals surface area (Å²) in [6.45, 7) is 7.83. The van der Waals surface area contributed by atoms with Gasteiger partial charge in [0.05, 0.1) is 11.3 Å². The van der Waals surface area contributed by atoms with Crippen molar-refractivity contribution in [2.75, 3.05) is 18.0 Å². The molecule has 1 aromatic heterocycles. The van der Waals surface area contributed by atoms with Gasteiger partial charge in [-0.05, 0) is 61.2 Å². The second-order valence-corrected chi connectivity index (χ2v) is 8.51. The van der Waals surface area contributed by atoms with Crippen molar-refractivity contribution >= 4 is 34.4 Å². The van der Waals surface area contributed by atoms with Gasteiger partial charge in [-0.3, -0.25) is 9.59 Å². The number of hydrogen-bond acceptors (Lipinski definition) is 4. The summed E-state index contributed by atoms with van der Waals surface area (Å²) in [6.07, 6.45) is 2.22. The predicted octanol–water partition coefficient (Wildman–Crippen LogP) is 4.38. The normalized spacial score (nSPS) is 20.8. The molecule has 0 N–H and O–H groups in total. The molecule has 3 heterocycles. The average molecular weight is 381 g/mol. The van der Waals surface area contributed by atoms with E-state index in [1.165, 1.54) is 22.7 Å². The molecule has 2 aliphatic rings. The van der Waals surface area contributed by atoms with Gasteiger partial charge in [0.1, 0.15) is 5.70 Å². The van der Waals surface area contributed by atoms with E-state index >= 15 is 0 Å². The molecule has 4 nitrogen and oxygen atoms in total. The van der Waals surface area contributed by atoms with Gasteiger partial charge in [-0.15, -0.1) is 11.3 Å². The average Bonchev–Trinajstić information content (AvgIpc) is 3.24. The van der Waals surface area contributed by atoms with Crippen molar-refractivity contribution in [3.8, 4) is 0 Å². The summed E-state index contributed by atoms with van der Waals surface area (Å²) in [4.78, 5) is 31.3. The molecule has 27 heavy (non-hydrogen) atoms. The Morgan fingerprint density at radius 3 is 2.59 bits per heavy atom. The van der Waals surface area contributed by atoms with Crippen LogP contribution in [0.4, 0.5) is 5.69 Å². The van der Waals surface area contributed by atoms with E-state index in [0.29, 0.717) is 22.9 Å². The fourth-order valence-corrected chi connectivity index (χ4v) is 4.81. The van der Waals surface area contributed by atoms with Gasteiger partial charge in [0, 0.05) is 18.0 Å². The number of likely N-dealkylation sites (tertiary alicyclic amines) is 1. The molecular weight excluding hydrogens is 356 g/mol. The standard InChI is InChI=1S/C22H24N2O2S/c1-14-7-5-11-23(13-14)20-19(18-10-6-12-27-18)21(25)24(22(20)26)17-9-4-8-15(2)16(17)3/h4,6,8-10,12,14H,5,7,11,13H2,1-3H3. The van der Waals surface area contributed by atoms with E-state index in [4.69, 9.17) is 0 Å². The van der Waals surface area contributed by atoms with Crippen LogP contribution in [-0.2, 0) is 9.59 Å². The van der Waals surface area contributed by atoms with Crippen LogP contribution >= 0.6 is 11.3 Å². The molecule has 1 fully saturated rings. The molecule has 0 saturated carbocycles. The van der Waals surface area contributed by atoms with Crippen molar-refractivity contribution in [2.45, 2.75) is 33.6 Å². The highest BCUT2D eigenvalue weighted by molar-refractivity contribution is 7.11. The lowest BCUT2D eigenvalue weighted by Crippen LogP contribution is -2.39. The fraction of sp³-hybridized carbons (Fsp3) is 0.364. The molecule has 0 radical (unpaired) electrons. The van der Waals surface area contributed by atoms with Crippen LogP contribution in [0.15, 0.2) is 41.4 Å². The highest BCUT2D eigenvalue weighted by Crippen LogP contribution is 2.39. The van der Waals surface area contributed by atoms with Crippen LogP contribution in [0.1, 0.15) is 35.8 Å². The largest absolute Gasteiger partial charge is 0.366 e. The lowest BCUT2D eigenvalue weighted by Gasteiger charge is -2.33. The number of nitrogens with zero attached hydrogens (tertiary/aromatic N) is 2. The fourth-order valence-electron chi connectivity index (χ4n) is 4.04. The highest BCUT2D eigenvalue weighted by Gasteiger charge is 2.43. The smallest absolute Gasteiger partial charge is 0.282 e. The maximum Gasteiger partial charge on any atom is 0.282 e. The molecule has 0 bridgehead atoms. The summed E-state index contributed by atoms with van der Waals surface area (Å²) in [5.41, 5.74) is 3.88. The van der Waals surface area contributed by atoms with Gasteiger partial charge in [0.2, 0.25) is 0 Å². The molecule has 0 spiro atoms. The second-order valence-electron chi connectivity index (χ2n) is 7.56. The highest BCUT2D eigenvalue weighted by atomic mass is 32.1. The summed E-state index contributed by atoms with van der Waals surface area (Å²) in [5, 5.41) is 1.96. The first kappa shape index (κ1) is 18.0. The lowest BCUT2D eigenvalue weighted by molar-refractivity contribution is -0.120.